The molecule has 0 spiro atoms. The second-order valence-electron chi connectivity index (χ2n) is 11.4. The van der Waals surface area contributed by atoms with Crippen LogP contribution >= 0.6 is 0 Å². The Bertz CT molecular complexity index is 747. The number of carbonyl (C=O) groups is 1. The monoisotopic (exact) mass is 460 g/mol. The normalized spacial score (nSPS) is 31.8. The van der Waals surface area contributed by atoms with Crippen LogP contribution in [0.25, 0.3) is 0 Å². The Kier molecular flexibility index (Phi) is 9.34. The van der Waals surface area contributed by atoms with Crippen LogP contribution in [0.5, 0.6) is 0 Å². The molecule has 0 aliphatic heterocycles. The summed E-state index contributed by atoms with van der Waals surface area (Å²) >= 11 is 0. The summed E-state index contributed by atoms with van der Waals surface area (Å²) in [6.07, 6.45) is 17.3. The molecule has 2 aliphatic carbocycles. The maximum Gasteiger partial charge on any atom is 0.220 e. The predicted molar refractivity (Wildman–Crippen MR) is 134 cm³/mol. The average Bonchev–Trinajstić information content (AvgIpc) is 3.34. The molecule has 5 unspecified atom stereocenters. The van der Waals surface area contributed by atoms with Crippen LogP contribution in [0.3, 0.4) is 0 Å². The van der Waals surface area contributed by atoms with E-state index in [0.29, 0.717) is 19.3 Å². The van der Waals surface area contributed by atoms with Crippen molar-refractivity contribution in [1.82, 2.24) is 20.3 Å². The van der Waals surface area contributed by atoms with E-state index in [0.717, 1.165) is 49.8 Å². The third-order valence-electron chi connectivity index (χ3n) is 8.25. The first-order chi connectivity index (χ1) is 15.7. The number of rotatable bonds is 13. The van der Waals surface area contributed by atoms with Crippen molar-refractivity contribution in [1.29, 1.82) is 0 Å². The van der Waals surface area contributed by atoms with E-state index in [1.54, 1.807) is 0 Å². The molecule has 5 atom stereocenters. The van der Waals surface area contributed by atoms with Crippen LogP contribution in [0.1, 0.15) is 110 Å². The molecule has 2 aliphatic rings. The topological polar surface area (TPSA) is 112 Å². The zero-order chi connectivity index (χ0) is 23.9. The van der Waals surface area contributed by atoms with E-state index in [-0.39, 0.29) is 11.9 Å². The van der Waals surface area contributed by atoms with Gasteiger partial charge in [-0.05, 0) is 57.8 Å². The molecule has 0 saturated heterocycles. The Labute approximate surface area is 200 Å². The lowest BCUT2D eigenvalue weighted by atomic mass is 9.75. The fraction of sp³-hybridized carbons (Fsp3) is 0.885. The van der Waals surface area contributed by atoms with Crippen LogP contribution in [-0.4, -0.2) is 38.0 Å². The molecule has 2 saturated carbocycles. The summed E-state index contributed by atoms with van der Waals surface area (Å²) in [5.74, 6) is 2.08. The Morgan fingerprint density at radius 1 is 1.21 bits per heavy atom. The van der Waals surface area contributed by atoms with Gasteiger partial charge < -0.3 is 16.8 Å². The first-order valence-corrected chi connectivity index (χ1v) is 13.5. The van der Waals surface area contributed by atoms with E-state index in [2.05, 4.69) is 22.6 Å². The van der Waals surface area contributed by atoms with E-state index in [1.165, 1.54) is 44.9 Å². The summed E-state index contributed by atoms with van der Waals surface area (Å²) in [6, 6.07) is 0.0762. The van der Waals surface area contributed by atoms with Gasteiger partial charge in [-0.1, -0.05) is 57.1 Å². The largest absolute Gasteiger partial charge is 0.349 e. The fourth-order valence-corrected chi connectivity index (χ4v) is 5.66. The van der Waals surface area contributed by atoms with Crippen molar-refractivity contribution < 1.29 is 4.79 Å². The molecule has 0 bridgehead atoms. The van der Waals surface area contributed by atoms with Crippen LogP contribution in [0.2, 0.25) is 0 Å². The molecule has 5 N–H and O–H groups in total. The Hall–Kier alpha value is -1.47. The molecule has 1 aromatic heterocycles. The van der Waals surface area contributed by atoms with Crippen molar-refractivity contribution in [3.05, 3.63) is 11.9 Å². The van der Waals surface area contributed by atoms with E-state index in [4.69, 9.17) is 11.5 Å². The number of nitrogens with two attached hydrogens (primary N) is 2. The number of amides is 1. The second-order valence-corrected chi connectivity index (χ2v) is 11.4. The summed E-state index contributed by atoms with van der Waals surface area (Å²) in [5.41, 5.74) is 12.8. The quantitative estimate of drug-likeness (QED) is 0.303. The van der Waals surface area contributed by atoms with Gasteiger partial charge in [-0.15, -0.1) is 5.10 Å². The van der Waals surface area contributed by atoms with Crippen LogP contribution < -0.4 is 16.8 Å². The lowest BCUT2D eigenvalue weighted by Gasteiger charge is -2.44. The third-order valence-corrected chi connectivity index (χ3v) is 8.25. The minimum atomic E-state index is -0.492. The van der Waals surface area contributed by atoms with Crippen LogP contribution in [0, 0.1) is 11.8 Å². The molecular formula is C26H48N6O. The molecule has 3 rings (SSSR count). The van der Waals surface area contributed by atoms with E-state index in [1.807, 2.05) is 24.7 Å². The van der Waals surface area contributed by atoms with Gasteiger partial charge in [0.15, 0.2) is 0 Å². The summed E-state index contributed by atoms with van der Waals surface area (Å²) in [7, 11) is 0. The zero-order valence-electron chi connectivity index (χ0n) is 21.3. The predicted octanol–water partition coefficient (Wildman–Crippen LogP) is 4.09. The number of hydrogen-bond donors (Lipinski definition) is 3. The molecule has 7 heteroatoms. The molecule has 188 valence electrons. The zero-order valence-corrected chi connectivity index (χ0v) is 21.3. The highest BCUT2D eigenvalue weighted by Crippen LogP contribution is 2.45. The van der Waals surface area contributed by atoms with Gasteiger partial charge in [0.1, 0.15) is 0 Å². The molecule has 2 fully saturated rings. The van der Waals surface area contributed by atoms with Gasteiger partial charge in [0.2, 0.25) is 5.91 Å². The first-order valence-electron chi connectivity index (χ1n) is 13.5. The lowest BCUT2D eigenvalue weighted by molar-refractivity contribution is -0.123. The van der Waals surface area contributed by atoms with E-state index < -0.39 is 11.1 Å². The average molecular weight is 461 g/mol. The van der Waals surface area contributed by atoms with Gasteiger partial charge in [-0.3, -0.25) is 9.48 Å². The Balaban J connectivity index is 1.32. The molecule has 0 aromatic carbocycles. The van der Waals surface area contributed by atoms with Crippen LogP contribution in [-0.2, 0) is 17.8 Å². The number of nitrogens with one attached hydrogen (secondary N) is 1. The van der Waals surface area contributed by atoms with E-state index >= 15 is 0 Å². The maximum absolute atomic E-state index is 12.7. The van der Waals surface area contributed by atoms with Crippen LogP contribution in [0.15, 0.2) is 6.20 Å². The molecule has 1 aromatic rings. The maximum atomic E-state index is 12.7. The number of hydrogen-bond acceptors (Lipinski definition) is 5. The Morgan fingerprint density at radius 3 is 2.76 bits per heavy atom. The number of nitrogens with zero attached hydrogens (tertiary/aromatic N) is 3. The first kappa shape index (κ1) is 26.1. The van der Waals surface area contributed by atoms with Crippen molar-refractivity contribution in [3.63, 3.8) is 0 Å². The number of carbonyl (C=O) groups excluding carboxylic acids is 1. The molecule has 0 radical (unpaired) electrons. The minimum absolute atomic E-state index is 0.00895. The van der Waals surface area contributed by atoms with Gasteiger partial charge >= 0.3 is 0 Å². The SMILES string of the molecule is CCCC1CC1CCCCCCn1cc(CCC(=O)NC2(C)CC(N)CCCC2(C)N)nn1. The molecular weight excluding hydrogens is 412 g/mol. The highest BCUT2D eigenvalue weighted by Gasteiger charge is 2.45. The second kappa shape index (κ2) is 11.8. The standard InChI is InChI=1S/C26H48N6O/c1-4-10-20-17-21(20)11-7-5-6-8-16-32-19-23(30-31-32)13-14-24(33)29-26(3)18-22(27)12-9-15-25(26,2)28/h19-22H,4-18,27-28H2,1-3H3,(H,29,33). The number of unbranched alkanes of at least 4 members (excludes halogenated alkanes) is 3. The highest BCUT2D eigenvalue weighted by atomic mass is 16.1. The van der Waals surface area contributed by atoms with Crippen LogP contribution in [0.4, 0.5) is 0 Å². The van der Waals surface area contributed by atoms with Crippen molar-refractivity contribution >= 4 is 5.91 Å². The minimum Gasteiger partial charge on any atom is -0.349 e. The van der Waals surface area contributed by atoms with Gasteiger partial charge in [0.05, 0.1) is 11.2 Å². The van der Waals surface area contributed by atoms with Crippen molar-refractivity contribution in [2.45, 2.75) is 134 Å². The smallest absolute Gasteiger partial charge is 0.220 e. The summed E-state index contributed by atoms with van der Waals surface area (Å²) < 4.78 is 1.92. The number of aromatic nitrogens is 3. The molecule has 33 heavy (non-hydrogen) atoms. The molecule has 1 heterocycles. The highest BCUT2D eigenvalue weighted by molar-refractivity contribution is 5.77. The van der Waals surface area contributed by atoms with Crippen molar-refractivity contribution in [2.75, 3.05) is 0 Å². The van der Waals surface area contributed by atoms with Gasteiger partial charge in [-0.25, -0.2) is 0 Å². The van der Waals surface area contributed by atoms with E-state index in [9.17, 15) is 4.79 Å². The lowest BCUT2D eigenvalue weighted by Crippen LogP contribution is -2.66. The Morgan fingerprint density at radius 2 is 1.97 bits per heavy atom. The van der Waals surface area contributed by atoms with Gasteiger partial charge in [-0.2, -0.15) is 0 Å². The van der Waals surface area contributed by atoms with Gasteiger partial charge in [0, 0.05) is 37.2 Å². The fourth-order valence-electron chi connectivity index (χ4n) is 5.66. The van der Waals surface area contributed by atoms with Crippen molar-refractivity contribution in [2.24, 2.45) is 23.3 Å². The number of aryl methyl sites for hydroxylation is 2. The summed E-state index contributed by atoms with van der Waals surface area (Å²) in [5, 5.41) is 11.7. The molecule has 7 nitrogen and oxygen atoms in total. The summed E-state index contributed by atoms with van der Waals surface area (Å²) in [4.78, 5) is 12.7. The molecule has 1 amide bonds. The van der Waals surface area contributed by atoms with Crippen molar-refractivity contribution in [3.8, 4) is 0 Å². The third kappa shape index (κ3) is 7.78. The summed E-state index contributed by atoms with van der Waals surface area (Å²) in [6.45, 7) is 7.28. The van der Waals surface area contributed by atoms with Gasteiger partial charge in [0.25, 0.3) is 0 Å².